The van der Waals surface area contributed by atoms with Crippen molar-refractivity contribution in [1.29, 1.82) is 0 Å². The monoisotopic (exact) mass is 248 g/mol. The molecule has 0 bridgehead atoms. The van der Waals surface area contributed by atoms with Crippen LogP contribution in [0.5, 0.6) is 0 Å². The average molecular weight is 248 g/mol. The first-order valence-corrected chi connectivity index (χ1v) is 6.78. The van der Waals surface area contributed by atoms with E-state index in [1.165, 1.54) is 12.8 Å². The molecule has 3 rings (SSSR count). The molecule has 3 heteroatoms. The summed E-state index contributed by atoms with van der Waals surface area (Å²) in [6.45, 7) is 6.18. The zero-order valence-corrected chi connectivity index (χ0v) is 11.1. The van der Waals surface area contributed by atoms with Crippen LogP contribution in [0.15, 0.2) is 18.2 Å². The Balaban J connectivity index is 1.86. The van der Waals surface area contributed by atoms with Crippen LogP contribution < -0.4 is 10.6 Å². The molecule has 1 saturated carbocycles. The minimum Gasteiger partial charge on any atom is -0.369 e. The molecule has 18 heavy (non-hydrogen) atoms. The normalized spacial score (nSPS) is 23.0. The van der Waals surface area contributed by atoms with Crippen molar-refractivity contribution in [3.05, 3.63) is 29.6 Å². The number of hydrogen-bond donors (Lipinski definition) is 1. The van der Waals surface area contributed by atoms with Crippen molar-refractivity contribution in [2.45, 2.75) is 38.1 Å². The van der Waals surface area contributed by atoms with E-state index in [0.29, 0.717) is 5.92 Å². The van der Waals surface area contributed by atoms with Crippen molar-refractivity contribution < 1.29 is 4.39 Å². The topological polar surface area (TPSA) is 29.3 Å². The van der Waals surface area contributed by atoms with Crippen LogP contribution in [0.1, 0.15) is 32.3 Å². The van der Waals surface area contributed by atoms with E-state index in [9.17, 15) is 4.39 Å². The minimum atomic E-state index is -0.143. The Morgan fingerprint density at radius 2 is 2.17 bits per heavy atom. The lowest BCUT2D eigenvalue weighted by Gasteiger charge is -2.25. The quantitative estimate of drug-likeness (QED) is 0.891. The maximum Gasteiger partial charge on any atom is 0.123 e. The van der Waals surface area contributed by atoms with Gasteiger partial charge in [0.05, 0.1) is 0 Å². The average Bonchev–Trinajstić information content (AvgIpc) is 3.08. The Hall–Kier alpha value is -1.09. The molecule has 1 fully saturated rings. The highest BCUT2D eigenvalue weighted by Gasteiger charge is 2.37. The molecule has 1 aliphatic heterocycles. The van der Waals surface area contributed by atoms with Crippen LogP contribution in [0.25, 0.3) is 0 Å². The lowest BCUT2D eigenvalue weighted by atomic mass is 9.87. The van der Waals surface area contributed by atoms with Crippen LogP contribution in [0, 0.1) is 11.7 Å². The molecule has 1 aromatic rings. The predicted molar refractivity (Wildman–Crippen MR) is 72.3 cm³/mol. The Labute approximate surface area is 108 Å². The van der Waals surface area contributed by atoms with Crippen molar-refractivity contribution in [1.82, 2.24) is 0 Å². The van der Waals surface area contributed by atoms with Crippen molar-refractivity contribution in [2.24, 2.45) is 11.7 Å². The second-order valence-corrected chi connectivity index (χ2v) is 6.43. The molecule has 0 spiro atoms. The molecule has 2 N–H and O–H groups in total. The fourth-order valence-corrected chi connectivity index (χ4v) is 3.06. The summed E-state index contributed by atoms with van der Waals surface area (Å²) in [4.78, 5) is 2.33. The molecule has 0 amide bonds. The van der Waals surface area contributed by atoms with E-state index in [1.54, 1.807) is 12.1 Å². The van der Waals surface area contributed by atoms with Gasteiger partial charge in [-0.25, -0.2) is 4.39 Å². The molecule has 2 aliphatic rings. The van der Waals surface area contributed by atoms with Gasteiger partial charge in [-0.2, -0.15) is 0 Å². The van der Waals surface area contributed by atoms with Gasteiger partial charge in [-0.3, -0.25) is 0 Å². The molecule has 1 aromatic carbocycles. The molecule has 1 heterocycles. The molecule has 1 aliphatic carbocycles. The van der Waals surface area contributed by atoms with Gasteiger partial charge in [0.2, 0.25) is 0 Å². The molecule has 1 atom stereocenters. The van der Waals surface area contributed by atoms with Crippen molar-refractivity contribution in [2.75, 3.05) is 18.0 Å². The van der Waals surface area contributed by atoms with Crippen LogP contribution >= 0.6 is 0 Å². The van der Waals surface area contributed by atoms with Gasteiger partial charge in [0, 0.05) is 30.2 Å². The predicted octanol–water partition coefficient (Wildman–Crippen LogP) is 2.66. The van der Waals surface area contributed by atoms with Gasteiger partial charge in [-0.15, -0.1) is 0 Å². The number of halogens is 1. The Morgan fingerprint density at radius 3 is 2.83 bits per heavy atom. The highest BCUT2D eigenvalue weighted by molar-refractivity contribution is 5.62. The fraction of sp³-hybridized carbons (Fsp3) is 0.600. The zero-order chi connectivity index (χ0) is 12.9. The summed E-state index contributed by atoms with van der Waals surface area (Å²) >= 11 is 0. The first-order valence-electron chi connectivity index (χ1n) is 6.78. The third kappa shape index (κ3) is 2.01. The number of fused-ring (bicyclic) bond motifs is 1. The Bertz CT molecular complexity index is 466. The summed E-state index contributed by atoms with van der Waals surface area (Å²) in [6.07, 6.45) is 2.54. The maximum atomic E-state index is 13.4. The summed E-state index contributed by atoms with van der Waals surface area (Å²) in [5, 5.41) is 0. The summed E-state index contributed by atoms with van der Waals surface area (Å²) < 4.78 is 13.4. The van der Waals surface area contributed by atoms with Crippen molar-refractivity contribution >= 4 is 5.69 Å². The largest absolute Gasteiger partial charge is 0.369 e. The van der Waals surface area contributed by atoms with Gasteiger partial charge in [0.1, 0.15) is 5.82 Å². The molecule has 0 aromatic heterocycles. The van der Waals surface area contributed by atoms with E-state index in [4.69, 9.17) is 5.73 Å². The van der Waals surface area contributed by atoms with E-state index in [1.807, 2.05) is 6.07 Å². The maximum absolute atomic E-state index is 13.4. The number of benzene rings is 1. The first kappa shape index (κ1) is 12.0. The molecular formula is C15H21FN2. The van der Waals surface area contributed by atoms with Crippen LogP contribution in [0.2, 0.25) is 0 Å². The lowest BCUT2D eigenvalue weighted by molar-refractivity contribution is 0.515. The lowest BCUT2D eigenvalue weighted by Crippen LogP contribution is -2.40. The van der Waals surface area contributed by atoms with Gasteiger partial charge in [0.25, 0.3) is 0 Å². The van der Waals surface area contributed by atoms with E-state index in [2.05, 4.69) is 18.7 Å². The number of rotatable bonds is 3. The number of nitrogens with zero attached hydrogens (tertiary/aromatic N) is 1. The second kappa shape index (κ2) is 3.95. The third-order valence-corrected chi connectivity index (χ3v) is 4.27. The van der Waals surface area contributed by atoms with Crippen molar-refractivity contribution in [3.8, 4) is 0 Å². The highest BCUT2D eigenvalue weighted by atomic mass is 19.1. The molecular weight excluding hydrogens is 227 g/mol. The van der Waals surface area contributed by atoms with Gasteiger partial charge in [-0.05, 0) is 42.5 Å². The smallest absolute Gasteiger partial charge is 0.123 e. The van der Waals surface area contributed by atoms with Crippen LogP contribution in [0.4, 0.5) is 10.1 Å². The van der Waals surface area contributed by atoms with Crippen LogP contribution in [-0.4, -0.2) is 19.1 Å². The van der Waals surface area contributed by atoms with Gasteiger partial charge < -0.3 is 10.6 Å². The van der Waals surface area contributed by atoms with E-state index in [0.717, 1.165) is 24.3 Å². The van der Waals surface area contributed by atoms with Gasteiger partial charge in [0.15, 0.2) is 0 Å². The van der Waals surface area contributed by atoms with E-state index >= 15 is 0 Å². The van der Waals surface area contributed by atoms with Gasteiger partial charge in [-0.1, -0.05) is 13.8 Å². The van der Waals surface area contributed by atoms with E-state index < -0.39 is 0 Å². The zero-order valence-electron chi connectivity index (χ0n) is 11.1. The van der Waals surface area contributed by atoms with E-state index in [-0.39, 0.29) is 17.3 Å². The summed E-state index contributed by atoms with van der Waals surface area (Å²) in [5.74, 6) is 0.563. The summed E-state index contributed by atoms with van der Waals surface area (Å²) in [5.41, 5.74) is 8.51. The molecule has 98 valence electrons. The van der Waals surface area contributed by atoms with Crippen LogP contribution in [0.3, 0.4) is 0 Å². The number of nitrogens with two attached hydrogens (primary N) is 1. The molecule has 0 saturated heterocycles. The number of anilines is 1. The second-order valence-electron chi connectivity index (χ2n) is 6.43. The number of hydrogen-bond acceptors (Lipinski definition) is 2. The Morgan fingerprint density at radius 1 is 1.44 bits per heavy atom. The highest BCUT2D eigenvalue weighted by Crippen LogP contribution is 2.41. The molecule has 2 nitrogen and oxygen atoms in total. The minimum absolute atomic E-state index is 0.0146. The van der Waals surface area contributed by atoms with Gasteiger partial charge >= 0.3 is 0 Å². The Kier molecular flexibility index (Phi) is 2.63. The van der Waals surface area contributed by atoms with Crippen LogP contribution in [-0.2, 0) is 5.41 Å². The standard InChI is InChI=1S/C15H21FN2/c1-15(2)9-18(8-13(17)10-3-4-10)14-6-5-11(16)7-12(14)15/h5-7,10,13H,3-4,8-9,17H2,1-2H3/t13-/m1/s1. The SMILES string of the molecule is CC1(C)CN(C[C@@H](N)C2CC2)c2ccc(F)cc21. The molecule has 0 radical (unpaired) electrons. The molecule has 0 unspecified atom stereocenters. The summed E-state index contributed by atoms with van der Waals surface area (Å²) in [7, 11) is 0. The van der Waals surface area contributed by atoms with Crippen molar-refractivity contribution in [3.63, 3.8) is 0 Å². The fourth-order valence-electron chi connectivity index (χ4n) is 3.06. The third-order valence-electron chi connectivity index (χ3n) is 4.27. The first-order chi connectivity index (χ1) is 8.47. The summed E-state index contributed by atoms with van der Waals surface area (Å²) in [6, 6.07) is 5.39.